The van der Waals surface area contributed by atoms with E-state index in [-0.39, 0.29) is 34.4 Å². The largest absolute Gasteiger partial charge is 0.393 e. The fourth-order valence-electron chi connectivity index (χ4n) is 6.75. The van der Waals surface area contributed by atoms with Gasteiger partial charge in [0.1, 0.15) is 0 Å². The molecule has 4 heteroatoms. The third kappa shape index (κ3) is 1.94. The van der Waals surface area contributed by atoms with Crippen molar-refractivity contribution in [2.45, 2.75) is 77.8 Å². The SMILES string of the molecule is CC1(C)C(O)CCC2(C)C3C(=CCC12)C1OCC(O)C1(C)CC3O. The lowest BCUT2D eigenvalue weighted by molar-refractivity contribution is -0.154. The minimum absolute atomic E-state index is 0.0234. The first-order chi connectivity index (χ1) is 11.1. The van der Waals surface area contributed by atoms with E-state index in [1.54, 1.807) is 0 Å². The van der Waals surface area contributed by atoms with E-state index >= 15 is 0 Å². The lowest BCUT2D eigenvalue weighted by Crippen LogP contribution is -2.61. The van der Waals surface area contributed by atoms with E-state index < -0.39 is 12.2 Å². The summed E-state index contributed by atoms with van der Waals surface area (Å²) in [7, 11) is 0. The molecule has 0 spiro atoms. The van der Waals surface area contributed by atoms with Gasteiger partial charge in [-0.1, -0.05) is 33.8 Å². The first-order valence-electron chi connectivity index (χ1n) is 9.48. The van der Waals surface area contributed by atoms with Gasteiger partial charge >= 0.3 is 0 Å². The highest BCUT2D eigenvalue weighted by Gasteiger charge is 2.63. The highest BCUT2D eigenvalue weighted by molar-refractivity contribution is 5.31. The Hall–Kier alpha value is -0.420. The second-order valence-electron chi connectivity index (χ2n) is 9.86. The molecule has 2 saturated carbocycles. The predicted octanol–water partition coefficient (Wildman–Crippen LogP) is 2.27. The molecule has 8 atom stereocenters. The fraction of sp³-hybridized carbons (Fsp3) is 0.900. The van der Waals surface area contributed by atoms with Gasteiger partial charge in [0.05, 0.1) is 31.0 Å². The number of hydrogen-bond donors (Lipinski definition) is 3. The topological polar surface area (TPSA) is 69.9 Å². The van der Waals surface area contributed by atoms with Crippen LogP contribution in [-0.4, -0.2) is 46.3 Å². The predicted molar refractivity (Wildman–Crippen MR) is 91.3 cm³/mol. The van der Waals surface area contributed by atoms with Crippen molar-refractivity contribution in [2.24, 2.45) is 28.1 Å². The Labute approximate surface area is 144 Å². The van der Waals surface area contributed by atoms with E-state index in [9.17, 15) is 15.3 Å². The van der Waals surface area contributed by atoms with Crippen LogP contribution < -0.4 is 0 Å². The van der Waals surface area contributed by atoms with Crippen molar-refractivity contribution in [3.05, 3.63) is 11.6 Å². The van der Waals surface area contributed by atoms with E-state index in [0.29, 0.717) is 18.9 Å². The molecule has 4 rings (SSSR count). The minimum Gasteiger partial charge on any atom is -0.393 e. The molecule has 1 heterocycles. The van der Waals surface area contributed by atoms with Crippen molar-refractivity contribution in [1.29, 1.82) is 0 Å². The molecule has 3 aliphatic carbocycles. The Morgan fingerprint density at radius 3 is 2.46 bits per heavy atom. The number of hydrogen-bond acceptors (Lipinski definition) is 4. The normalized spacial score (nSPS) is 56.0. The maximum Gasteiger partial charge on any atom is 0.0870 e. The van der Waals surface area contributed by atoms with E-state index in [4.69, 9.17) is 4.74 Å². The van der Waals surface area contributed by atoms with Crippen LogP contribution in [-0.2, 0) is 4.74 Å². The summed E-state index contributed by atoms with van der Waals surface area (Å²) in [5.74, 6) is 0.430. The van der Waals surface area contributed by atoms with Crippen molar-refractivity contribution >= 4 is 0 Å². The number of ether oxygens (including phenoxy) is 1. The van der Waals surface area contributed by atoms with Gasteiger partial charge in [0.25, 0.3) is 0 Å². The molecule has 3 fully saturated rings. The zero-order chi connectivity index (χ0) is 17.5. The van der Waals surface area contributed by atoms with Gasteiger partial charge in [-0.05, 0) is 48.0 Å². The summed E-state index contributed by atoms with van der Waals surface area (Å²) in [6.07, 6.45) is 4.20. The monoisotopic (exact) mass is 336 g/mol. The zero-order valence-electron chi connectivity index (χ0n) is 15.3. The van der Waals surface area contributed by atoms with E-state index in [2.05, 4.69) is 33.8 Å². The van der Waals surface area contributed by atoms with Crippen LogP contribution in [0.4, 0.5) is 0 Å². The summed E-state index contributed by atoms with van der Waals surface area (Å²) in [6, 6.07) is 0. The van der Waals surface area contributed by atoms with Gasteiger partial charge in [-0.15, -0.1) is 0 Å². The van der Waals surface area contributed by atoms with Crippen LogP contribution in [0.5, 0.6) is 0 Å². The highest BCUT2D eigenvalue weighted by Crippen LogP contribution is 2.64. The molecule has 0 aromatic heterocycles. The van der Waals surface area contributed by atoms with Crippen LogP contribution in [0.25, 0.3) is 0 Å². The van der Waals surface area contributed by atoms with Crippen molar-refractivity contribution in [3.63, 3.8) is 0 Å². The highest BCUT2D eigenvalue weighted by atomic mass is 16.5. The quantitative estimate of drug-likeness (QED) is 0.594. The van der Waals surface area contributed by atoms with Crippen molar-refractivity contribution in [3.8, 4) is 0 Å². The molecule has 1 saturated heterocycles. The number of aliphatic hydroxyl groups is 3. The van der Waals surface area contributed by atoms with Gasteiger partial charge in [-0.3, -0.25) is 0 Å². The summed E-state index contributed by atoms with van der Waals surface area (Å²) in [5.41, 5.74) is 0.656. The Bertz CT molecular complexity index is 570. The summed E-state index contributed by atoms with van der Waals surface area (Å²) >= 11 is 0. The molecule has 0 bridgehead atoms. The van der Waals surface area contributed by atoms with Gasteiger partial charge in [-0.25, -0.2) is 0 Å². The van der Waals surface area contributed by atoms with Crippen molar-refractivity contribution in [1.82, 2.24) is 0 Å². The number of allylic oxidation sites excluding steroid dienone is 1. The van der Waals surface area contributed by atoms with E-state index in [1.165, 1.54) is 5.57 Å². The summed E-state index contributed by atoms with van der Waals surface area (Å²) in [6.45, 7) is 9.07. The van der Waals surface area contributed by atoms with Crippen LogP contribution in [0.1, 0.15) is 53.4 Å². The van der Waals surface area contributed by atoms with Crippen LogP contribution in [0.2, 0.25) is 0 Å². The smallest absolute Gasteiger partial charge is 0.0870 e. The molecule has 8 unspecified atom stereocenters. The molecule has 136 valence electrons. The Morgan fingerprint density at radius 1 is 1.04 bits per heavy atom. The minimum atomic E-state index is -0.505. The average Bonchev–Trinajstić information content (AvgIpc) is 2.78. The lowest BCUT2D eigenvalue weighted by atomic mass is 9.44. The summed E-state index contributed by atoms with van der Waals surface area (Å²) in [4.78, 5) is 0. The molecule has 3 N–H and O–H groups in total. The van der Waals surface area contributed by atoms with Gasteiger partial charge in [0, 0.05) is 11.3 Å². The zero-order valence-corrected chi connectivity index (χ0v) is 15.3. The van der Waals surface area contributed by atoms with Gasteiger partial charge in [0.2, 0.25) is 0 Å². The van der Waals surface area contributed by atoms with Crippen molar-refractivity contribution in [2.75, 3.05) is 6.61 Å². The second-order valence-corrected chi connectivity index (χ2v) is 9.86. The second kappa shape index (κ2) is 5.06. The average molecular weight is 336 g/mol. The van der Waals surface area contributed by atoms with Crippen LogP contribution >= 0.6 is 0 Å². The standard InChI is InChI=1S/C20H32O4/c1-18(2)13-6-5-11-16(19(13,3)8-7-14(18)22)12(21)9-20(4)15(23)10-24-17(11)20/h5,12-17,21-23H,6-10H2,1-4H3. The molecule has 24 heavy (non-hydrogen) atoms. The third-order valence-corrected chi connectivity index (χ3v) is 8.29. The van der Waals surface area contributed by atoms with Crippen LogP contribution in [0.3, 0.4) is 0 Å². The third-order valence-electron chi connectivity index (χ3n) is 8.29. The number of aliphatic hydroxyl groups excluding tert-OH is 3. The Balaban J connectivity index is 1.78. The molecule has 0 aromatic rings. The lowest BCUT2D eigenvalue weighted by Gasteiger charge is -2.62. The van der Waals surface area contributed by atoms with Gasteiger partial charge < -0.3 is 20.1 Å². The fourth-order valence-corrected chi connectivity index (χ4v) is 6.75. The molecule has 4 nitrogen and oxygen atoms in total. The Kier molecular flexibility index (Phi) is 3.59. The molecule has 0 amide bonds. The van der Waals surface area contributed by atoms with Crippen molar-refractivity contribution < 1.29 is 20.1 Å². The maximum absolute atomic E-state index is 11.1. The van der Waals surface area contributed by atoms with E-state index in [1.807, 2.05) is 0 Å². The maximum atomic E-state index is 11.1. The van der Waals surface area contributed by atoms with Gasteiger partial charge in [0.15, 0.2) is 0 Å². The first kappa shape index (κ1) is 17.0. The molecular weight excluding hydrogens is 304 g/mol. The molecule has 0 radical (unpaired) electrons. The first-order valence-corrected chi connectivity index (χ1v) is 9.48. The number of rotatable bonds is 0. The van der Waals surface area contributed by atoms with E-state index in [0.717, 1.165) is 19.3 Å². The number of fused-ring (bicyclic) bond motifs is 5. The van der Waals surface area contributed by atoms with Crippen LogP contribution in [0, 0.1) is 28.1 Å². The van der Waals surface area contributed by atoms with Crippen LogP contribution in [0.15, 0.2) is 11.6 Å². The summed E-state index contributed by atoms with van der Waals surface area (Å²) < 4.78 is 6.01. The van der Waals surface area contributed by atoms with Gasteiger partial charge in [-0.2, -0.15) is 0 Å². The summed E-state index contributed by atoms with van der Waals surface area (Å²) in [5, 5.41) is 32.1. The molecular formula is C20H32O4. The molecule has 0 aromatic carbocycles. The molecule has 1 aliphatic heterocycles. The Morgan fingerprint density at radius 2 is 1.75 bits per heavy atom. The molecule has 4 aliphatic rings.